The molecule has 0 radical (unpaired) electrons. The van der Waals surface area contributed by atoms with Crippen LogP contribution in [0.1, 0.15) is 41.9 Å². The molecular formula is C16H15Cl2FN2. The van der Waals surface area contributed by atoms with Gasteiger partial charge in [-0.2, -0.15) is 0 Å². The van der Waals surface area contributed by atoms with Crippen LogP contribution in [0.2, 0.25) is 10.2 Å². The van der Waals surface area contributed by atoms with Crippen LogP contribution < -0.4 is 0 Å². The molecule has 0 bridgehead atoms. The Kier molecular flexibility index (Phi) is 4.41. The topological polar surface area (TPSA) is 25.8 Å². The highest BCUT2D eigenvalue weighted by molar-refractivity contribution is 6.31. The predicted molar refractivity (Wildman–Crippen MR) is 82.5 cm³/mol. The summed E-state index contributed by atoms with van der Waals surface area (Å²) >= 11 is 12.3. The van der Waals surface area contributed by atoms with Crippen molar-refractivity contribution in [3.63, 3.8) is 0 Å². The largest absolute Gasteiger partial charge is 0.237 e. The third kappa shape index (κ3) is 3.19. The molecule has 0 spiro atoms. The Hall–Kier alpha value is -1.19. The first-order valence-corrected chi connectivity index (χ1v) is 7.88. The van der Waals surface area contributed by atoms with Gasteiger partial charge in [-0.1, -0.05) is 35.7 Å². The highest BCUT2D eigenvalue weighted by atomic mass is 35.5. The van der Waals surface area contributed by atoms with Gasteiger partial charge < -0.3 is 0 Å². The van der Waals surface area contributed by atoms with Crippen LogP contribution in [0.3, 0.4) is 0 Å². The first-order valence-electron chi connectivity index (χ1n) is 7.12. The summed E-state index contributed by atoms with van der Waals surface area (Å²) in [4.78, 5) is 8.93. The maximum atomic E-state index is 13.9. The number of halogens is 3. The van der Waals surface area contributed by atoms with Crippen molar-refractivity contribution in [2.45, 2.75) is 38.5 Å². The Labute approximate surface area is 133 Å². The molecular weight excluding hydrogens is 310 g/mol. The van der Waals surface area contributed by atoms with Crippen LogP contribution in [0.5, 0.6) is 0 Å². The number of fused-ring (bicyclic) bond motifs is 1. The van der Waals surface area contributed by atoms with Gasteiger partial charge in [0.05, 0.1) is 0 Å². The van der Waals surface area contributed by atoms with E-state index in [-0.39, 0.29) is 12.2 Å². The minimum absolute atomic E-state index is 0.262. The molecule has 5 heteroatoms. The number of nitrogens with zero attached hydrogens (tertiary/aromatic N) is 2. The summed E-state index contributed by atoms with van der Waals surface area (Å²) < 4.78 is 13.9. The van der Waals surface area contributed by atoms with E-state index in [1.54, 1.807) is 12.1 Å². The van der Waals surface area contributed by atoms with Crippen molar-refractivity contribution in [3.05, 3.63) is 56.8 Å². The second kappa shape index (κ2) is 6.29. The van der Waals surface area contributed by atoms with E-state index >= 15 is 0 Å². The van der Waals surface area contributed by atoms with Crippen molar-refractivity contribution in [2.75, 3.05) is 0 Å². The molecule has 2 nitrogen and oxygen atoms in total. The van der Waals surface area contributed by atoms with Crippen molar-refractivity contribution in [3.8, 4) is 0 Å². The normalized spacial score (nSPS) is 14.6. The van der Waals surface area contributed by atoms with E-state index in [1.807, 2.05) is 0 Å². The fraction of sp³-hybridized carbons (Fsp3) is 0.375. The number of rotatable bonds is 2. The summed E-state index contributed by atoms with van der Waals surface area (Å²) in [5, 5.41) is 0.897. The highest BCUT2D eigenvalue weighted by Gasteiger charge is 2.17. The van der Waals surface area contributed by atoms with Crippen molar-refractivity contribution in [1.29, 1.82) is 0 Å². The molecule has 1 heterocycles. The number of hydrogen-bond acceptors (Lipinski definition) is 2. The summed E-state index contributed by atoms with van der Waals surface area (Å²) in [6.07, 6.45) is 5.51. The van der Waals surface area contributed by atoms with Gasteiger partial charge in [0.15, 0.2) is 0 Å². The molecule has 0 atom stereocenters. The van der Waals surface area contributed by atoms with Gasteiger partial charge in [-0.25, -0.2) is 14.4 Å². The molecule has 110 valence electrons. The van der Waals surface area contributed by atoms with E-state index in [9.17, 15) is 4.39 Å². The SMILES string of the molecule is Fc1cccc(Cl)c1Cc1nc(Cl)c2c(n1)CCCCC2. The van der Waals surface area contributed by atoms with Crippen molar-refractivity contribution in [1.82, 2.24) is 9.97 Å². The van der Waals surface area contributed by atoms with Gasteiger partial charge >= 0.3 is 0 Å². The second-order valence-corrected chi connectivity index (χ2v) is 6.06. The van der Waals surface area contributed by atoms with E-state index < -0.39 is 0 Å². The van der Waals surface area contributed by atoms with Crippen LogP contribution in [-0.2, 0) is 19.3 Å². The summed E-state index contributed by atoms with van der Waals surface area (Å²) in [5.41, 5.74) is 2.48. The smallest absolute Gasteiger partial charge is 0.136 e. The van der Waals surface area contributed by atoms with Gasteiger partial charge in [0, 0.05) is 28.3 Å². The molecule has 1 aromatic heterocycles. The quantitative estimate of drug-likeness (QED) is 0.586. The van der Waals surface area contributed by atoms with Crippen LogP contribution in [0, 0.1) is 5.82 Å². The van der Waals surface area contributed by atoms with E-state index in [0.29, 0.717) is 21.6 Å². The lowest BCUT2D eigenvalue weighted by Crippen LogP contribution is -2.06. The molecule has 0 amide bonds. The number of aryl methyl sites for hydroxylation is 1. The molecule has 21 heavy (non-hydrogen) atoms. The number of benzene rings is 1. The van der Waals surface area contributed by atoms with Gasteiger partial charge in [0.25, 0.3) is 0 Å². The van der Waals surface area contributed by atoms with Gasteiger partial charge in [-0.05, 0) is 37.8 Å². The summed E-state index contributed by atoms with van der Waals surface area (Å²) in [7, 11) is 0. The lowest BCUT2D eigenvalue weighted by atomic mass is 10.1. The van der Waals surface area contributed by atoms with E-state index in [2.05, 4.69) is 9.97 Å². The van der Waals surface area contributed by atoms with Crippen LogP contribution in [0.4, 0.5) is 4.39 Å². The highest BCUT2D eigenvalue weighted by Crippen LogP contribution is 2.27. The minimum Gasteiger partial charge on any atom is -0.237 e. The first-order chi connectivity index (χ1) is 10.1. The molecule has 3 rings (SSSR count). The average Bonchev–Trinajstić information content (AvgIpc) is 2.69. The van der Waals surface area contributed by atoms with Crippen molar-refractivity contribution >= 4 is 23.2 Å². The monoisotopic (exact) mass is 324 g/mol. The van der Waals surface area contributed by atoms with Crippen molar-refractivity contribution < 1.29 is 4.39 Å². The van der Waals surface area contributed by atoms with E-state index in [0.717, 1.165) is 36.9 Å². The van der Waals surface area contributed by atoms with E-state index in [4.69, 9.17) is 23.2 Å². The maximum Gasteiger partial charge on any atom is 0.136 e. The van der Waals surface area contributed by atoms with Gasteiger partial charge in [-0.3, -0.25) is 0 Å². The van der Waals surface area contributed by atoms with Crippen LogP contribution in [0.25, 0.3) is 0 Å². The molecule has 0 N–H and O–H groups in total. The Morgan fingerprint density at radius 3 is 2.67 bits per heavy atom. The third-order valence-electron chi connectivity index (χ3n) is 3.83. The average molecular weight is 325 g/mol. The summed E-state index contributed by atoms with van der Waals surface area (Å²) in [6.45, 7) is 0. The summed E-state index contributed by atoms with van der Waals surface area (Å²) in [5.74, 6) is 0.199. The van der Waals surface area contributed by atoms with Gasteiger partial charge in [0.2, 0.25) is 0 Å². The molecule has 1 aliphatic carbocycles. The number of aromatic nitrogens is 2. The van der Waals surface area contributed by atoms with Gasteiger partial charge in [0.1, 0.15) is 16.8 Å². The fourth-order valence-corrected chi connectivity index (χ4v) is 3.24. The van der Waals surface area contributed by atoms with E-state index in [1.165, 1.54) is 12.5 Å². The Bertz CT molecular complexity index is 653. The van der Waals surface area contributed by atoms with Gasteiger partial charge in [-0.15, -0.1) is 0 Å². The van der Waals surface area contributed by atoms with Crippen LogP contribution in [0.15, 0.2) is 18.2 Å². The maximum absolute atomic E-state index is 13.9. The zero-order chi connectivity index (χ0) is 14.8. The lowest BCUT2D eigenvalue weighted by Gasteiger charge is -2.10. The zero-order valence-electron chi connectivity index (χ0n) is 11.5. The molecule has 0 saturated heterocycles. The minimum atomic E-state index is -0.336. The standard InChI is InChI=1S/C16H15Cl2FN2/c17-12-6-4-7-13(19)11(12)9-15-20-14-8-3-1-2-5-10(14)16(18)21-15/h4,6-7H,1-3,5,8-9H2. The third-order valence-corrected chi connectivity index (χ3v) is 4.49. The number of hydrogen-bond donors (Lipinski definition) is 0. The molecule has 1 aliphatic rings. The predicted octanol–water partition coefficient (Wildman–Crippen LogP) is 4.78. The second-order valence-electron chi connectivity index (χ2n) is 5.29. The molecule has 0 fully saturated rings. The fourth-order valence-electron chi connectivity index (χ4n) is 2.71. The molecule has 2 aromatic rings. The van der Waals surface area contributed by atoms with Crippen LogP contribution >= 0.6 is 23.2 Å². The Morgan fingerprint density at radius 1 is 1.05 bits per heavy atom. The van der Waals surface area contributed by atoms with Crippen molar-refractivity contribution in [2.24, 2.45) is 0 Å². The lowest BCUT2D eigenvalue weighted by molar-refractivity contribution is 0.612. The molecule has 0 saturated carbocycles. The molecule has 0 aliphatic heterocycles. The molecule has 0 unspecified atom stereocenters. The Morgan fingerprint density at radius 2 is 1.86 bits per heavy atom. The molecule has 1 aromatic carbocycles. The van der Waals surface area contributed by atoms with Crippen LogP contribution in [-0.4, -0.2) is 9.97 Å². The zero-order valence-corrected chi connectivity index (χ0v) is 13.0. The summed E-state index contributed by atoms with van der Waals surface area (Å²) in [6, 6.07) is 4.66. The first kappa shape index (κ1) is 14.7. The Balaban J connectivity index is 1.97.